The van der Waals surface area contributed by atoms with Crippen molar-refractivity contribution in [3.8, 4) is 0 Å². The Morgan fingerprint density at radius 2 is 2.00 bits per heavy atom. The maximum absolute atomic E-state index is 13.1. The third kappa shape index (κ3) is 4.08. The molecular formula is C21H22N4O3S2. The first kappa shape index (κ1) is 20.5. The first-order valence-corrected chi connectivity index (χ1v) is 11.8. The molecule has 30 heavy (non-hydrogen) atoms. The number of hydrogen-bond acceptors (Lipinski definition) is 5. The summed E-state index contributed by atoms with van der Waals surface area (Å²) in [7, 11) is -1.90. The molecule has 0 fully saturated rings. The van der Waals surface area contributed by atoms with Crippen molar-refractivity contribution in [2.24, 2.45) is 7.05 Å². The number of sulfonamides is 1. The van der Waals surface area contributed by atoms with Gasteiger partial charge in [-0.15, -0.1) is 0 Å². The van der Waals surface area contributed by atoms with Crippen molar-refractivity contribution in [1.82, 2.24) is 9.55 Å². The molecule has 9 heteroatoms. The summed E-state index contributed by atoms with van der Waals surface area (Å²) < 4.78 is 30.8. The topological polar surface area (TPSA) is 84.3 Å². The zero-order chi connectivity index (χ0) is 21.3. The molecule has 1 aliphatic rings. The number of carbonyl (C=O) groups excluding carboxylic acids is 1. The van der Waals surface area contributed by atoms with Gasteiger partial charge in [-0.05, 0) is 60.5 Å². The standard InChI is InChI=1S/C21H22N4O3S2/c1-15(26)25-12-5-6-16-14-17(9-10-19(16)25)30(27,28)23-18-7-3-4-8-20(18)29-21-22-11-13-24(21)2/h3-4,7-11,13-14,23H,5-6,12H2,1-2H3. The number of imidazole rings is 1. The predicted molar refractivity (Wildman–Crippen MR) is 117 cm³/mol. The Bertz CT molecular complexity index is 1200. The summed E-state index contributed by atoms with van der Waals surface area (Å²) >= 11 is 1.39. The van der Waals surface area contributed by atoms with Gasteiger partial charge in [0.25, 0.3) is 10.0 Å². The average Bonchev–Trinajstić information content (AvgIpc) is 3.12. The number of aryl methyl sites for hydroxylation is 2. The molecule has 3 aromatic rings. The molecule has 0 unspecified atom stereocenters. The number of rotatable bonds is 5. The number of amides is 1. The highest BCUT2D eigenvalue weighted by atomic mass is 32.2. The van der Waals surface area contributed by atoms with Crippen LogP contribution in [0, 0.1) is 0 Å². The van der Waals surface area contributed by atoms with E-state index in [9.17, 15) is 13.2 Å². The van der Waals surface area contributed by atoms with E-state index in [4.69, 9.17) is 0 Å². The SMILES string of the molecule is CC(=O)N1CCCc2cc(S(=O)(=O)Nc3ccccc3Sc3nccn3C)ccc21. The maximum Gasteiger partial charge on any atom is 0.261 e. The monoisotopic (exact) mass is 442 g/mol. The van der Waals surface area contributed by atoms with Crippen molar-refractivity contribution in [3.05, 3.63) is 60.4 Å². The number of fused-ring (bicyclic) bond motifs is 1. The molecule has 1 aromatic heterocycles. The largest absolute Gasteiger partial charge is 0.329 e. The molecule has 1 N–H and O–H groups in total. The zero-order valence-corrected chi connectivity index (χ0v) is 18.3. The first-order valence-electron chi connectivity index (χ1n) is 9.53. The highest BCUT2D eigenvalue weighted by molar-refractivity contribution is 7.99. The van der Waals surface area contributed by atoms with Gasteiger partial charge >= 0.3 is 0 Å². The zero-order valence-electron chi connectivity index (χ0n) is 16.7. The van der Waals surface area contributed by atoms with Crippen LogP contribution in [0.2, 0.25) is 0 Å². The van der Waals surface area contributed by atoms with Gasteiger partial charge in [0.1, 0.15) is 0 Å². The number of aromatic nitrogens is 2. The molecule has 0 saturated carbocycles. The minimum absolute atomic E-state index is 0.0371. The van der Waals surface area contributed by atoms with E-state index in [-0.39, 0.29) is 10.8 Å². The molecule has 2 aromatic carbocycles. The molecule has 0 atom stereocenters. The van der Waals surface area contributed by atoms with Gasteiger partial charge in [-0.3, -0.25) is 9.52 Å². The number of anilines is 2. The van der Waals surface area contributed by atoms with E-state index in [0.29, 0.717) is 12.2 Å². The number of benzene rings is 2. The molecule has 1 amide bonds. The third-order valence-electron chi connectivity index (χ3n) is 4.97. The van der Waals surface area contributed by atoms with E-state index in [1.807, 2.05) is 29.9 Å². The molecule has 7 nitrogen and oxygen atoms in total. The maximum atomic E-state index is 13.1. The van der Waals surface area contributed by atoms with Gasteiger partial charge in [-0.25, -0.2) is 13.4 Å². The van der Waals surface area contributed by atoms with Gasteiger partial charge < -0.3 is 9.47 Å². The Labute approximate surface area is 180 Å². The van der Waals surface area contributed by atoms with Crippen LogP contribution in [0.3, 0.4) is 0 Å². The predicted octanol–water partition coefficient (Wildman–Crippen LogP) is 3.67. The molecule has 0 bridgehead atoms. The lowest BCUT2D eigenvalue weighted by Gasteiger charge is -2.28. The highest BCUT2D eigenvalue weighted by Gasteiger charge is 2.23. The van der Waals surface area contributed by atoms with Crippen LogP contribution in [0.5, 0.6) is 0 Å². The van der Waals surface area contributed by atoms with Crippen LogP contribution in [-0.2, 0) is 28.3 Å². The van der Waals surface area contributed by atoms with Gasteiger partial charge in [0.2, 0.25) is 5.91 Å². The van der Waals surface area contributed by atoms with Gasteiger partial charge in [-0.1, -0.05) is 12.1 Å². The number of nitrogens with zero attached hydrogens (tertiary/aromatic N) is 3. The Morgan fingerprint density at radius 1 is 1.20 bits per heavy atom. The number of para-hydroxylation sites is 1. The van der Waals surface area contributed by atoms with E-state index in [2.05, 4.69) is 9.71 Å². The Hall–Kier alpha value is -2.78. The summed E-state index contributed by atoms with van der Waals surface area (Å²) in [5.41, 5.74) is 2.15. The number of nitrogens with one attached hydrogen (secondary N) is 1. The minimum Gasteiger partial charge on any atom is -0.329 e. The fraction of sp³-hybridized carbons (Fsp3) is 0.238. The Balaban J connectivity index is 1.63. The number of hydrogen-bond donors (Lipinski definition) is 1. The van der Waals surface area contributed by atoms with Gasteiger partial charge in [0, 0.05) is 43.5 Å². The summed E-state index contributed by atoms with van der Waals surface area (Å²) in [4.78, 5) is 18.8. The van der Waals surface area contributed by atoms with Crippen LogP contribution in [-0.4, -0.2) is 30.4 Å². The fourth-order valence-corrected chi connectivity index (χ4v) is 5.55. The summed E-state index contributed by atoms with van der Waals surface area (Å²) in [6.07, 6.45) is 5.10. The molecule has 0 radical (unpaired) electrons. The first-order chi connectivity index (χ1) is 14.3. The lowest BCUT2D eigenvalue weighted by Crippen LogP contribution is -2.33. The number of carbonyl (C=O) groups is 1. The van der Waals surface area contributed by atoms with Gasteiger partial charge in [0.15, 0.2) is 5.16 Å². The van der Waals surface area contributed by atoms with Crippen molar-refractivity contribution < 1.29 is 13.2 Å². The van der Waals surface area contributed by atoms with Crippen molar-refractivity contribution >= 4 is 39.1 Å². The molecular weight excluding hydrogens is 420 g/mol. The van der Waals surface area contributed by atoms with Gasteiger partial charge in [0.05, 0.1) is 10.6 Å². The lowest BCUT2D eigenvalue weighted by molar-refractivity contribution is -0.116. The summed E-state index contributed by atoms with van der Waals surface area (Å²) in [6.45, 7) is 2.18. The van der Waals surface area contributed by atoms with Crippen molar-refractivity contribution in [2.75, 3.05) is 16.2 Å². The van der Waals surface area contributed by atoms with Crippen molar-refractivity contribution in [1.29, 1.82) is 0 Å². The smallest absolute Gasteiger partial charge is 0.261 e. The molecule has 0 saturated heterocycles. The van der Waals surface area contributed by atoms with E-state index in [1.54, 1.807) is 41.4 Å². The minimum atomic E-state index is -3.79. The van der Waals surface area contributed by atoms with Crippen LogP contribution in [0.25, 0.3) is 0 Å². The molecule has 0 aliphatic carbocycles. The summed E-state index contributed by atoms with van der Waals surface area (Å²) in [5.74, 6) is -0.0371. The normalized spacial score (nSPS) is 13.7. The van der Waals surface area contributed by atoms with Crippen molar-refractivity contribution in [2.45, 2.75) is 34.7 Å². The molecule has 2 heterocycles. The van der Waals surface area contributed by atoms with Crippen molar-refractivity contribution in [3.63, 3.8) is 0 Å². The van der Waals surface area contributed by atoms with Gasteiger partial charge in [-0.2, -0.15) is 0 Å². The Kier molecular flexibility index (Phi) is 5.57. The van der Waals surface area contributed by atoms with Crippen LogP contribution in [0.4, 0.5) is 11.4 Å². The highest BCUT2D eigenvalue weighted by Crippen LogP contribution is 2.34. The average molecular weight is 443 g/mol. The van der Waals surface area contributed by atoms with E-state index < -0.39 is 10.0 Å². The fourth-order valence-electron chi connectivity index (χ4n) is 3.46. The third-order valence-corrected chi connectivity index (χ3v) is 7.48. The van der Waals surface area contributed by atoms with E-state index >= 15 is 0 Å². The molecule has 0 spiro atoms. The van der Waals surface area contributed by atoms with Crippen LogP contribution >= 0.6 is 11.8 Å². The van der Waals surface area contributed by atoms with Crippen LogP contribution in [0.15, 0.2) is 69.8 Å². The summed E-state index contributed by atoms with van der Waals surface area (Å²) in [5, 5.41) is 0.764. The molecule has 156 valence electrons. The van der Waals surface area contributed by atoms with E-state index in [1.165, 1.54) is 18.7 Å². The summed E-state index contributed by atoms with van der Waals surface area (Å²) in [6, 6.07) is 12.2. The second-order valence-electron chi connectivity index (χ2n) is 7.09. The molecule has 1 aliphatic heterocycles. The Morgan fingerprint density at radius 3 is 2.73 bits per heavy atom. The second-order valence-corrected chi connectivity index (χ2v) is 9.78. The van der Waals surface area contributed by atoms with Crippen LogP contribution < -0.4 is 9.62 Å². The van der Waals surface area contributed by atoms with E-state index in [0.717, 1.165) is 34.1 Å². The lowest BCUT2D eigenvalue weighted by atomic mass is 10.0. The molecule has 4 rings (SSSR count). The quantitative estimate of drug-likeness (QED) is 0.652. The second kappa shape index (κ2) is 8.16. The van der Waals surface area contributed by atoms with Crippen LogP contribution in [0.1, 0.15) is 18.9 Å².